The number of fused-ring (bicyclic) bond motifs is 1. The van der Waals surface area contributed by atoms with Gasteiger partial charge < -0.3 is 15.2 Å². The summed E-state index contributed by atoms with van der Waals surface area (Å²) in [6.45, 7) is 3.31. The van der Waals surface area contributed by atoms with Crippen molar-refractivity contribution in [1.82, 2.24) is 26.1 Å². The monoisotopic (exact) mass is 431 g/mol. The van der Waals surface area contributed by atoms with E-state index >= 15 is 0 Å². The molecule has 9 heteroatoms. The Kier molecular flexibility index (Phi) is 7.16. The lowest BCUT2D eigenvalue weighted by Crippen LogP contribution is -2.48. The second kappa shape index (κ2) is 10.0. The van der Waals surface area contributed by atoms with Crippen LogP contribution in [-0.4, -0.2) is 71.8 Å². The number of pyridine rings is 1. The minimum absolute atomic E-state index is 0.0807. The highest BCUT2D eigenvalue weighted by Gasteiger charge is 2.43. The van der Waals surface area contributed by atoms with Crippen molar-refractivity contribution >= 4 is 11.9 Å². The number of nitrogens with one attached hydrogen (secondary N) is 3. The minimum atomic E-state index is -0.999. The maximum atomic E-state index is 12.8. The van der Waals surface area contributed by atoms with Crippen molar-refractivity contribution in [3.63, 3.8) is 0 Å². The van der Waals surface area contributed by atoms with Crippen LogP contribution in [0.2, 0.25) is 0 Å². The summed E-state index contributed by atoms with van der Waals surface area (Å²) in [6, 6.07) is 3.66. The number of hydrazine groups is 1. The van der Waals surface area contributed by atoms with Crippen LogP contribution in [0.1, 0.15) is 48.2 Å². The summed E-state index contributed by atoms with van der Waals surface area (Å²) >= 11 is 0. The zero-order valence-corrected chi connectivity index (χ0v) is 18.0. The molecular formula is C22H33N5O4. The lowest BCUT2D eigenvalue weighted by atomic mass is 9.80. The largest absolute Gasteiger partial charge is 0.477 e. The number of hydrogen-bond donors (Lipinski definition) is 4. The first-order valence-electron chi connectivity index (χ1n) is 11.3. The summed E-state index contributed by atoms with van der Waals surface area (Å²) < 4.78 is 5.53. The van der Waals surface area contributed by atoms with Crippen LogP contribution in [0.5, 0.6) is 0 Å². The number of aromatic carboxylic acids is 1. The highest BCUT2D eigenvalue weighted by Crippen LogP contribution is 2.31. The van der Waals surface area contributed by atoms with E-state index in [0.717, 1.165) is 57.3 Å². The molecule has 3 fully saturated rings. The lowest BCUT2D eigenvalue weighted by molar-refractivity contribution is -0.124. The van der Waals surface area contributed by atoms with Crippen LogP contribution in [0.4, 0.5) is 0 Å². The van der Waals surface area contributed by atoms with Gasteiger partial charge in [0.15, 0.2) is 0 Å². The highest BCUT2D eigenvalue weighted by molar-refractivity contribution is 5.85. The fourth-order valence-corrected chi connectivity index (χ4v) is 5.14. The van der Waals surface area contributed by atoms with Crippen LogP contribution in [0.25, 0.3) is 0 Å². The number of nitrogens with zero attached hydrogens (tertiary/aromatic N) is 2. The number of aromatic nitrogens is 1. The number of carbonyl (C=O) groups is 2. The SMILES string of the molecule is COC1CCC2NNC(C(=O)NCC3CCN(Cc4ccnc(C(=O)O)c4)CC3)C2C1. The number of amides is 1. The third kappa shape index (κ3) is 5.41. The molecule has 1 aliphatic carbocycles. The Morgan fingerprint density at radius 2 is 2.06 bits per heavy atom. The zero-order chi connectivity index (χ0) is 21.8. The first-order valence-corrected chi connectivity index (χ1v) is 11.3. The first-order chi connectivity index (χ1) is 15.0. The second-order valence-corrected chi connectivity index (χ2v) is 9.03. The Hall–Kier alpha value is -2.07. The lowest BCUT2D eigenvalue weighted by Gasteiger charge is -2.33. The fourth-order valence-electron chi connectivity index (χ4n) is 5.14. The molecule has 3 aliphatic rings. The maximum Gasteiger partial charge on any atom is 0.354 e. The maximum absolute atomic E-state index is 12.8. The van der Waals surface area contributed by atoms with Crippen molar-refractivity contribution in [3.05, 3.63) is 29.6 Å². The molecule has 4 atom stereocenters. The number of carboxylic acid groups (broad SMARTS) is 1. The van der Waals surface area contributed by atoms with Gasteiger partial charge in [0.25, 0.3) is 0 Å². The standard InChI is InChI=1S/C22H33N5O4/c1-31-16-2-3-18-17(11-16)20(26-25-18)21(28)24-12-14-5-8-27(9-6-14)13-15-4-7-23-19(10-15)22(29)30/h4,7,10,14,16-18,20,25-26H,2-3,5-6,8-9,11-13H2,1H3,(H,24,28)(H,29,30). The number of ether oxygens (including phenoxy) is 1. The number of piperidine rings is 1. The normalized spacial score (nSPS) is 29.5. The van der Waals surface area contributed by atoms with Gasteiger partial charge in [-0.2, -0.15) is 0 Å². The molecule has 1 aromatic rings. The highest BCUT2D eigenvalue weighted by atomic mass is 16.5. The average molecular weight is 432 g/mol. The van der Waals surface area contributed by atoms with Gasteiger partial charge >= 0.3 is 5.97 Å². The molecule has 4 N–H and O–H groups in total. The summed E-state index contributed by atoms with van der Waals surface area (Å²) in [4.78, 5) is 30.1. The molecule has 170 valence electrons. The Labute approximate surface area is 182 Å². The average Bonchev–Trinajstić information content (AvgIpc) is 3.22. The predicted molar refractivity (Wildman–Crippen MR) is 114 cm³/mol. The van der Waals surface area contributed by atoms with E-state index < -0.39 is 5.97 Å². The van der Waals surface area contributed by atoms with Crippen molar-refractivity contribution in [1.29, 1.82) is 0 Å². The number of rotatable bonds is 7. The van der Waals surface area contributed by atoms with Crippen molar-refractivity contribution in [2.24, 2.45) is 11.8 Å². The molecule has 0 aromatic carbocycles. The quantitative estimate of drug-likeness (QED) is 0.500. The van der Waals surface area contributed by atoms with Crippen LogP contribution < -0.4 is 16.2 Å². The summed E-state index contributed by atoms with van der Waals surface area (Å²) in [7, 11) is 1.75. The third-order valence-electron chi connectivity index (χ3n) is 7.04. The van der Waals surface area contributed by atoms with Gasteiger partial charge in [-0.05, 0) is 68.8 Å². The molecule has 1 amide bonds. The summed E-state index contributed by atoms with van der Waals surface area (Å²) in [6.07, 6.45) is 6.82. The Bertz CT molecular complexity index is 783. The van der Waals surface area contributed by atoms with E-state index in [2.05, 4.69) is 26.1 Å². The molecule has 0 bridgehead atoms. The van der Waals surface area contributed by atoms with Crippen molar-refractivity contribution in [2.75, 3.05) is 26.7 Å². The number of likely N-dealkylation sites (tertiary alicyclic amines) is 1. The Balaban J connectivity index is 1.20. The predicted octanol–water partition coefficient (Wildman–Crippen LogP) is 0.768. The Morgan fingerprint density at radius 1 is 1.26 bits per heavy atom. The molecule has 4 unspecified atom stereocenters. The van der Waals surface area contributed by atoms with Gasteiger partial charge in [-0.1, -0.05) is 0 Å². The molecule has 0 spiro atoms. The van der Waals surface area contributed by atoms with E-state index in [1.54, 1.807) is 19.4 Å². The minimum Gasteiger partial charge on any atom is -0.477 e. The van der Waals surface area contributed by atoms with Crippen molar-refractivity contribution in [3.8, 4) is 0 Å². The van der Waals surface area contributed by atoms with Gasteiger partial charge in [-0.15, -0.1) is 0 Å². The molecule has 31 heavy (non-hydrogen) atoms. The van der Waals surface area contributed by atoms with Gasteiger partial charge in [0.2, 0.25) is 5.91 Å². The van der Waals surface area contributed by atoms with Gasteiger partial charge in [-0.3, -0.25) is 15.1 Å². The molecule has 0 radical (unpaired) electrons. The molecule has 4 rings (SSSR count). The van der Waals surface area contributed by atoms with Crippen molar-refractivity contribution < 1.29 is 19.4 Å². The molecule has 3 heterocycles. The van der Waals surface area contributed by atoms with Gasteiger partial charge in [0.1, 0.15) is 11.7 Å². The molecule has 1 aromatic heterocycles. The van der Waals surface area contributed by atoms with Crippen LogP contribution >= 0.6 is 0 Å². The van der Waals surface area contributed by atoms with Gasteiger partial charge in [-0.25, -0.2) is 15.2 Å². The van der Waals surface area contributed by atoms with E-state index in [1.807, 2.05) is 6.07 Å². The van der Waals surface area contributed by atoms with Crippen LogP contribution in [-0.2, 0) is 16.1 Å². The topological polar surface area (TPSA) is 116 Å². The second-order valence-electron chi connectivity index (χ2n) is 9.03. The van der Waals surface area contributed by atoms with Gasteiger partial charge in [0.05, 0.1) is 6.10 Å². The van der Waals surface area contributed by atoms with Crippen LogP contribution in [0.15, 0.2) is 18.3 Å². The fraction of sp³-hybridized carbons (Fsp3) is 0.682. The molecule has 1 saturated carbocycles. The molecule has 2 aliphatic heterocycles. The van der Waals surface area contributed by atoms with E-state index in [-0.39, 0.29) is 29.7 Å². The van der Waals surface area contributed by atoms with Gasteiger partial charge in [0, 0.05) is 38.4 Å². The number of carboxylic acids is 1. The third-order valence-corrected chi connectivity index (χ3v) is 7.04. The summed E-state index contributed by atoms with van der Waals surface area (Å²) in [5.41, 5.74) is 7.56. The molecule has 2 saturated heterocycles. The van der Waals surface area contributed by atoms with Crippen molar-refractivity contribution in [2.45, 2.75) is 56.8 Å². The smallest absolute Gasteiger partial charge is 0.354 e. The van der Waals surface area contributed by atoms with E-state index in [1.165, 1.54) is 0 Å². The number of hydrogen-bond acceptors (Lipinski definition) is 7. The number of methoxy groups -OCH3 is 1. The summed E-state index contributed by atoms with van der Waals surface area (Å²) in [5, 5.41) is 12.3. The number of carbonyl (C=O) groups excluding carboxylic acids is 1. The summed E-state index contributed by atoms with van der Waals surface area (Å²) in [5.74, 6) is -0.176. The van der Waals surface area contributed by atoms with Crippen LogP contribution in [0.3, 0.4) is 0 Å². The molecular weight excluding hydrogens is 398 g/mol. The van der Waals surface area contributed by atoms with E-state index in [4.69, 9.17) is 9.84 Å². The van der Waals surface area contributed by atoms with E-state index in [9.17, 15) is 9.59 Å². The molecule has 9 nitrogen and oxygen atoms in total. The van der Waals surface area contributed by atoms with E-state index in [0.29, 0.717) is 18.5 Å². The first kappa shape index (κ1) is 22.1. The zero-order valence-electron chi connectivity index (χ0n) is 18.0. The Morgan fingerprint density at radius 3 is 2.81 bits per heavy atom. The van der Waals surface area contributed by atoms with Crippen LogP contribution in [0, 0.1) is 11.8 Å².